The van der Waals surface area contributed by atoms with E-state index in [9.17, 15) is 8.42 Å². The van der Waals surface area contributed by atoms with Crippen LogP contribution in [0.1, 0.15) is 46.0 Å². The molecule has 2 N–H and O–H groups in total. The molecule has 1 saturated carbocycles. The van der Waals surface area contributed by atoms with Crippen LogP contribution in [0.2, 0.25) is 0 Å². The molecule has 0 aromatic heterocycles. The van der Waals surface area contributed by atoms with Gasteiger partial charge in [0.05, 0.1) is 0 Å². The summed E-state index contributed by atoms with van der Waals surface area (Å²) in [7, 11) is -1.66. The van der Waals surface area contributed by atoms with Gasteiger partial charge in [0, 0.05) is 19.6 Å². The second-order valence-corrected chi connectivity index (χ2v) is 7.43. The summed E-state index contributed by atoms with van der Waals surface area (Å²) in [5, 5.41) is 3.20. The average molecular weight is 291 g/mol. The monoisotopic (exact) mass is 291 g/mol. The Morgan fingerprint density at radius 3 is 2.68 bits per heavy atom. The van der Waals surface area contributed by atoms with E-state index in [-0.39, 0.29) is 6.04 Å². The molecule has 1 aliphatic carbocycles. The number of hydrogen-bond donors (Lipinski definition) is 2. The smallest absolute Gasteiger partial charge is 0.279 e. The minimum atomic E-state index is -3.31. The molecule has 0 amide bonds. The van der Waals surface area contributed by atoms with Gasteiger partial charge in [0.2, 0.25) is 0 Å². The predicted molar refractivity (Wildman–Crippen MR) is 79.3 cm³/mol. The van der Waals surface area contributed by atoms with E-state index < -0.39 is 10.2 Å². The molecule has 114 valence electrons. The van der Waals surface area contributed by atoms with Crippen LogP contribution in [0.15, 0.2) is 0 Å². The second kappa shape index (κ2) is 8.19. The Hall–Kier alpha value is -0.170. The molecule has 0 heterocycles. The highest BCUT2D eigenvalue weighted by Gasteiger charge is 2.25. The number of hydrogen-bond acceptors (Lipinski definition) is 3. The van der Waals surface area contributed by atoms with Gasteiger partial charge in [-0.1, -0.05) is 26.7 Å². The summed E-state index contributed by atoms with van der Waals surface area (Å²) < 4.78 is 28.6. The van der Waals surface area contributed by atoms with Crippen LogP contribution in [-0.4, -0.2) is 45.4 Å². The molecule has 0 aromatic rings. The zero-order valence-electron chi connectivity index (χ0n) is 12.5. The highest BCUT2D eigenvalue weighted by Crippen LogP contribution is 2.24. The van der Waals surface area contributed by atoms with Gasteiger partial charge in [-0.25, -0.2) is 0 Å². The molecule has 0 bridgehead atoms. The highest BCUT2D eigenvalue weighted by molar-refractivity contribution is 7.87. The van der Waals surface area contributed by atoms with Crippen molar-refractivity contribution < 1.29 is 8.42 Å². The van der Waals surface area contributed by atoms with Crippen molar-refractivity contribution in [1.29, 1.82) is 0 Å². The van der Waals surface area contributed by atoms with Crippen LogP contribution in [0.25, 0.3) is 0 Å². The fraction of sp³-hybridized carbons (Fsp3) is 1.00. The first-order chi connectivity index (χ1) is 8.95. The maximum Gasteiger partial charge on any atom is 0.279 e. The number of nitrogens with zero attached hydrogens (tertiary/aromatic N) is 1. The molecule has 2 unspecified atom stereocenters. The van der Waals surface area contributed by atoms with E-state index in [4.69, 9.17) is 0 Å². The first kappa shape index (κ1) is 16.9. The molecule has 19 heavy (non-hydrogen) atoms. The van der Waals surface area contributed by atoms with Crippen LogP contribution in [0, 0.1) is 5.92 Å². The Labute approximate surface area is 118 Å². The Morgan fingerprint density at radius 2 is 2.05 bits per heavy atom. The van der Waals surface area contributed by atoms with Gasteiger partial charge in [-0.2, -0.15) is 17.4 Å². The van der Waals surface area contributed by atoms with Gasteiger partial charge in [0.15, 0.2) is 0 Å². The van der Waals surface area contributed by atoms with Crippen molar-refractivity contribution in [3.63, 3.8) is 0 Å². The van der Waals surface area contributed by atoms with Crippen molar-refractivity contribution in [2.45, 2.75) is 52.0 Å². The molecule has 0 aromatic carbocycles. The third kappa shape index (κ3) is 6.21. The van der Waals surface area contributed by atoms with Gasteiger partial charge < -0.3 is 5.32 Å². The molecular formula is C13H29N3O2S. The average Bonchev–Trinajstić information content (AvgIpc) is 2.33. The molecule has 0 aliphatic heterocycles. The lowest BCUT2D eigenvalue weighted by atomic mass is 9.88. The van der Waals surface area contributed by atoms with E-state index in [1.54, 1.807) is 7.05 Å². The summed E-state index contributed by atoms with van der Waals surface area (Å²) in [5.74, 6) is 0.625. The summed E-state index contributed by atoms with van der Waals surface area (Å²) in [6, 6.07) is 0.116. The maximum atomic E-state index is 12.2. The van der Waals surface area contributed by atoms with Crippen LogP contribution in [0.5, 0.6) is 0 Å². The lowest BCUT2D eigenvalue weighted by molar-refractivity contribution is 0.321. The third-order valence-electron chi connectivity index (χ3n) is 3.74. The fourth-order valence-electron chi connectivity index (χ4n) is 2.57. The maximum absolute atomic E-state index is 12.2. The van der Waals surface area contributed by atoms with Crippen molar-refractivity contribution in [2.24, 2.45) is 5.92 Å². The molecule has 1 rings (SSSR count). The van der Waals surface area contributed by atoms with Crippen molar-refractivity contribution in [3.8, 4) is 0 Å². The van der Waals surface area contributed by atoms with Crippen LogP contribution >= 0.6 is 0 Å². The first-order valence-corrected chi connectivity index (χ1v) is 8.84. The second-order valence-electron chi connectivity index (χ2n) is 5.62. The fourth-order valence-corrected chi connectivity index (χ4v) is 3.75. The molecule has 5 nitrogen and oxygen atoms in total. The predicted octanol–water partition coefficient (Wildman–Crippen LogP) is 1.33. The van der Waals surface area contributed by atoms with Crippen LogP contribution in [-0.2, 0) is 10.2 Å². The standard InChI is InChI=1S/C13H29N3O2S/c1-4-14-9-6-10-16(3)19(17,18)15-13-8-5-7-12(2)11-13/h12-15H,4-11H2,1-3H3. The van der Waals surface area contributed by atoms with E-state index in [1.807, 2.05) is 6.92 Å². The van der Waals surface area contributed by atoms with Gasteiger partial charge in [0.1, 0.15) is 0 Å². The lowest BCUT2D eigenvalue weighted by Gasteiger charge is -2.29. The number of nitrogens with one attached hydrogen (secondary N) is 2. The summed E-state index contributed by atoms with van der Waals surface area (Å²) in [6.45, 7) is 6.59. The van der Waals surface area contributed by atoms with E-state index >= 15 is 0 Å². The molecule has 0 spiro atoms. The van der Waals surface area contributed by atoms with Gasteiger partial charge in [0.25, 0.3) is 10.2 Å². The minimum absolute atomic E-state index is 0.116. The normalized spacial score (nSPS) is 24.8. The zero-order chi connectivity index (χ0) is 14.3. The zero-order valence-corrected chi connectivity index (χ0v) is 13.3. The molecule has 2 atom stereocenters. The topological polar surface area (TPSA) is 61.4 Å². The minimum Gasteiger partial charge on any atom is -0.317 e. The Kier molecular flexibility index (Phi) is 7.28. The Bertz CT molecular complexity index is 346. The molecule has 1 fully saturated rings. The Balaban J connectivity index is 2.36. The summed E-state index contributed by atoms with van der Waals surface area (Å²) >= 11 is 0. The summed E-state index contributed by atoms with van der Waals surface area (Å²) in [5.41, 5.74) is 0. The lowest BCUT2D eigenvalue weighted by Crippen LogP contribution is -2.45. The highest BCUT2D eigenvalue weighted by atomic mass is 32.2. The van der Waals surface area contributed by atoms with E-state index in [1.165, 1.54) is 10.7 Å². The Morgan fingerprint density at radius 1 is 1.32 bits per heavy atom. The summed E-state index contributed by atoms with van der Waals surface area (Å²) in [4.78, 5) is 0. The largest absolute Gasteiger partial charge is 0.317 e. The molecule has 0 saturated heterocycles. The van der Waals surface area contributed by atoms with Crippen molar-refractivity contribution >= 4 is 10.2 Å². The van der Waals surface area contributed by atoms with Crippen molar-refractivity contribution in [1.82, 2.24) is 14.3 Å². The van der Waals surface area contributed by atoms with Crippen molar-refractivity contribution in [2.75, 3.05) is 26.7 Å². The van der Waals surface area contributed by atoms with Crippen molar-refractivity contribution in [3.05, 3.63) is 0 Å². The van der Waals surface area contributed by atoms with E-state index in [2.05, 4.69) is 17.0 Å². The van der Waals surface area contributed by atoms with E-state index in [0.29, 0.717) is 12.5 Å². The van der Waals surface area contributed by atoms with E-state index in [0.717, 1.165) is 38.8 Å². The summed E-state index contributed by atoms with van der Waals surface area (Å²) in [6.07, 6.45) is 5.11. The quantitative estimate of drug-likeness (QED) is 0.663. The third-order valence-corrected chi connectivity index (χ3v) is 5.37. The first-order valence-electron chi connectivity index (χ1n) is 7.40. The van der Waals surface area contributed by atoms with Crippen LogP contribution in [0.3, 0.4) is 0 Å². The van der Waals surface area contributed by atoms with Crippen LogP contribution in [0.4, 0.5) is 0 Å². The molecule has 1 aliphatic rings. The van der Waals surface area contributed by atoms with Gasteiger partial charge in [-0.15, -0.1) is 0 Å². The number of rotatable bonds is 8. The molecular weight excluding hydrogens is 262 g/mol. The molecule has 6 heteroatoms. The van der Waals surface area contributed by atoms with Gasteiger partial charge in [-0.05, 0) is 38.3 Å². The SMILES string of the molecule is CCNCCCN(C)S(=O)(=O)NC1CCCC(C)C1. The van der Waals surface area contributed by atoms with Gasteiger partial charge >= 0.3 is 0 Å². The van der Waals surface area contributed by atoms with Gasteiger partial charge in [-0.3, -0.25) is 0 Å². The van der Waals surface area contributed by atoms with Crippen LogP contribution < -0.4 is 10.0 Å². The molecule has 0 radical (unpaired) electrons.